The molecule has 1 amide bonds. The highest BCUT2D eigenvalue weighted by Gasteiger charge is 2.45. The lowest BCUT2D eigenvalue weighted by molar-refractivity contribution is -0.139. The van der Waals surface area contributed by atoms with Gasteiger partial charge < -0.3 is 19.6 Å². The average molecular weight is 451 g/mol. The number of amides is 1. The van der Waals surface area contributed by atoms with Crippen LogP contribution in [0.3, 0.4) is 0 Å². The van der Waals surface area contributed by atoms with Crippen LogP contribution in [0.25, 0.3) is 5.76 Å². The number of rotatable bonds is 10. The number of aliphatic hydroxyl groups is 1. The summed E-state index contributed by atoms with van der Waals surface area (Å²) in [6, 6.07) is 14.2. The lowest BCUT2D eigenvalue weighted by Gasteiger charge is -2.26. The van der Waals surface area contributed by atoms with Crippen molar-refractivity contribution in [2.75, 3.05) is 33.8 Å². The van der Waals surface area contributed by atoms with E-state index >= 15 is 0 Å². The summed E-state index contributed by atoms with van der Waals surface area (Å²) < 4.78 is 5.82. The van der Waals surface area contributed by atoms with Gasteiger partial charge >= 0.3 is 0 Å². The van der Waals surface area contributed by atoms with Crippen LogP contribution in [0, 0.1) is 6.92 Å². The van der Waals surface area contributed by atoms with Gasteiger partial charge in [0.2, 0.25) is 0 Å². The Morgan fingerprint density at radius 2 is 1.82 bits per heavy atom. The Morgan fingerprint density at radius 3 is 2.45 bits per heavy atom. The van der Waals surface area contributed by atoms with Crippen LogP contribution >= 0.6 is 0 Å². The van der Waals surface area contributed by atoms with Gasteiger partial charge in [0.15, 0.2) is 0 Å². The first kappa shape index (κ1) is 24.5. The zero-order valence-corrected chi connectivity index (χ0v) is 20.0. The van der Waals surface area contributed by atoms with Gasteiger partial charge in [0.1, 0.15) is 11.5 Å². The van der Waals surface area contributed by atoms with Gasteiger partial charge in [-0.05, 0) is 69.7 Å². The molecule has 0 radical (unpaired) electrons. The average Bonchev–Trinajstić information content (AvgIpc) is 3.05. The van der Waals surface area contributed by atoms with E-state index in [9.17, 15) is 14.7 Å². The molecule has 6 heteroatoms. The van der Waals surface area contributed by atoms with Gasteiger partial charge in [-0.1, -0.05) is 43.7 Å². The number of nitrogens with zero attached hydrogens (tertiary/aromatic N) is 2. The van der Waals surface area contributed by atoms with E-state index in [0.29, 0.717) is 18.7 Å². The molecule has 0 aromatic heterocycles. The Hall–Kier alpha value is -3.12. The number of carbonyl (C=O) groups excluding carboxylic acids is 2. The lowest BCUT2D eigenvalue weighted by atomic mass is 9.95. The Kier molecular flexibility index (Phi) is 8.28. The minimum Gasteiger partial charge on any atom is -0.507 e. The van der Waals surface area contributed by atoms with Crippen molar-refractivity contribution < 1.29 is 19.4 Å². The second-order valence-electron chi connectivity index (χ2n) is 8.74. The van der Waals surface area contributed by atoms with Gasteiger partial charge in [-0.2, -0.15) is 0 Å². The van der Waals surface area contributed by atoms with Crippen LogP contribution in [0.1, 0.15) is 48.9 Å². The van der Waals surface area contributed by atoms with Crippen molar-refractivity contribution >= 4 is 17.4 Å². The van der Waals surface area contributed by atoms with E-state index in [2.05, 4.69) is 6.92 Å². The van der Waals surface area contributed by atoms with Crippen LogP contribution in [-0.4, -0.2) is 60.4 Å². The number of hydrogen-bond donors (Lipinski definition) is 1. The molecule has 1 N–H and O–H groups in total. The summed E-state index contributed by atoms with van der Waals surface area (Å²) in [4.78, 5) is 29.7. The fourth-order valence-electron chi connectivity index (χ4n) is 4.09. The molecule has 176 valence electrons. The number of aryl methyl sites for hydroxylation is 1. The van der Waals surface area contributed by atoms with Crippen LogP contribution in [0.4, 0.5) is 0 Å². The quantitative estimate of drug-likeness (QED) is 0.249. The lowest BCUT2D eigenvalue weighted by Crippen LogP contribution is -2.32. The summed E-state index contributed by atoms with van der Waals surface area (Å²) in [5.74, 6) is -0.614. The summed E-state index contributed by atoms with van der Waals surface area (Å²) in [5.41, 5.74) is 2.31. The number of aliphatic hydroxyl groups excluding tert-OH is 1. The van der Waals surface area contributed by atoms with Crippen molar-refractivity contribution in [1.82, 2.24) is 9.80 Å². The molecule has 2 aromatic rings. The number of hydrogen-bond acceptors (Lipinski definition) is 5. The summed E-state index contributed by atoms with van der Waals surface area (Å²) in [6.45, 7) is 5.88. The van der Waals surface area contributed by atoms with Gasteiger partial charge in [-0.15, -0.1) is 0 Å². The van der Waals surface area contributed by atoms with Gasteiger partial charge in [-0.3, -0.25) is 9.59 Å². The van der Waals surface area contributed by atoms with Crippen molar-refractivity contribution in [3.63, 3.8) is 0 Å². The minimum atomic E-state index is -0.646. The molecule has 0 unspecified atom stereocenters. The van der Waals surface area contributed by atoms with Crippen LogP contribution in [0.2, 0.25) is 0 Å². The van der Waals surface area contributed by atoms with Gasteiger partial charge in [0.25, 0.3) is 11.7 Å². The van der Waals surface area contributed by atoms with Gasteiger partial charge in [0, 0.05) is 12.1 Å². The highest BCUT2D eigenvalue weighted by Crippen LogP contribution is 2.39. The Bertz CT molecular complexity index is 1010. The first-order valence-corrected chi connectivity index (χ1v) is 11.6. The van der Waals surface area contributed by atoms with Crippen LogP contribution < -0.4 is 4.74 Å². The van der Waals surface area contributed by atoms with Crippen LogP contribution in [0.15, 0.2) is 54.1 Å². The van der Waals surface area contributed by atoms with Crippen molar-refractivity contribution in [3.8, 4) is 5.75 Å². The summed E-state index contributed by atoms with van der Waals surface area (Å²) in [7, 11) is 3.95. The molecule has 1 heterocycles. The molecule has 33 heavy (non-hydrogen) atoms. The molecule has 0 aliphatic carbocycles. The van der Waals surface area contributed by atoms with E-state index in [1.165, 1.54) is 0 Å². The number of ketones is 1. The maximum Gasteiger partial charge on any atom is 0.295 e. The van der Waals surface area contributed by atoms with E-state index in [1.807, 2.05) is 62.3 Å². The second kappa shape index (κ2) is 11.1. The molecule has 0 bridgehead atoms. The smallest absolute Gasteiger partial charge is 0.295 e. The largest absolute Gasteiger partial charge is 0.507 e. The van der Waals surface area contributed by atoms with E-state index < -0.39 is 17.7 Å². The summed E-state index contributed by atoms with van der Waals surface area (Å²) in [6.07, 6.45) is 2.74. The van der Waals surface area contributed by atoms with E-state index in [4.69, 9.17) is 4.74 Å². The maximum absolute atomic E-state index is 13.1. The maximum atomic E-state index is 13.1. The molecule has 0 spiro atoms. The molecule has 1 fully saturated rings. The zero-order valence-electron chi connectivity index (χ0n) is 20.0. The molecule has 1 aliphatic heterocycles. The number of carbonyl (C=O) groups is 2. The number of unbranched alkanes of at least 4 members (excludes halogenated alkanes) is 1. The fraction of sp³-hybridized carbons (Fsp3) is 0.407. The Balaban J connectivity index is 1.99. The van der Waals surface area contributed by atoms with Crippen molar-refractivity contribution in [2.24, 2.45) is 0 Å². The highest BCUT2D eigenvalue weighted by molar-refractivity contribution is 6.46. The first-order valence-electron chi connectivity index (χ1n) is 11.6. The monoisotopic (exact) mass is 450 g/mol. The van der Waals surface area contributed by atoms with E-state index in [0.717, 1.165) is 42.7 Å². The normalized spacial score (nSPS) is 17.7. The highest BCUT2D eigenvalue weighted by atomic mass is 16.5. The molecular formula is C27H34N2O4. The third-order valence-corrected chi connectivity index (χ3v) is 5.86. The number of likely N-dealkylation sites (tertiary alicyclic amines) is 1. The van der Waals surface area contributed by atoms with Crippen LogP contribution in [0.5, 0.6) is 5.75 Å². The second-order valence-corrected chi connectivity index (χ2v) is 8.74. The zero-order chi connectivity index (χ0) is 24.0. The van der Waals surface area contributed by atoms with E-state index in [-0.39, 0.29) is 11.3 Å². The first-order chi connectivity index (χ1) is 15.8. The van der Waals surface area contributed by atoms with E-state index in [1.54, 1.807) is 17.0 Å². The van der Waals surface area contributed by atoms with Crippen LogP contribution in [-0.2, 0) is 9.59 Å². The molecule has 2 aromatic carbocycles. The molecule has 0 saturated carbocycles. The van der Waals surface area contributed by atoms with Crippen molar-refractivity contribution in [3.05, 3.63) is 70.8 Å². The van der Waals surface area contributed by atoms with Gasteiger partial charge in [-0.25, -0.2) is 0 Å². The molecule has 6 nitrogen and oxygen atoms in total. The predicted molar refractivity (Wildman–Crippen MR) is 130 cm³/mol. The molecule has 1 aliphatic rings. The molecular weight excluding hydrogens is 416 g/mol. The third-order valence-electron chi connectivity index (χ3n) is 5.86. The molecule has 3 rings (SSSR count). The third kappa shape index (κ3) is 5.63. The number of Topliss-reactive ketones (excluding diaryl/α,β-unsaturated/α-hetero) is 1. The van der Waals surface area contributed by atoms with Gasteiger partial charge in [0.05, 0.1) is 18.2 Å². The molecule has 1 saturated heterocycles. The predicted octanol–water partition coefficient (Wildman–Crippen LogP) is 4.55. The summed E-state index contributed by atoms with van der Waals surface area (Å²) in [5, 5.41) is 11.2. The SMILES string of the molecule is CCCCOc1ccc(C(O)=C2C(=O)C(=O)N(CCCN(C)C)[C@@H]2c2ccccc2)cc1C. The van der Waals surface area contributed by atoms with Crippen molar-refractivity contribution in [2.45, 2.75) is 39.2 Å². The number of benzene rings is 2. The topological polar surface area (TPSA) is 70.1 Å². The summed E-state index contributed by atoms with van der Waals surface area (Å²) >= 11 is 0. The van der Waals surface area contributed by atoms with Crippen molar-refractivity contribution in [1.29, 1.82) is 0 Å². The standard InChI is InChI=1S/C27H34N2O4/c1-5-6-17-33-22-14-13-21(18-19(22)2)25(30)23-24(20-11-8-7-9-12-20)29(27(32)26(23)31)16-10-15-28(3)4/h7-9,11-14,18,24,30H,5-6,10,15-17H2,1-4H3/t24-/m1/s1. The minimum absolute atomic E-state index is 0.134. The Morgan fingerprint density at radius 1 is 1.09 bits per heavy atom. The fourth-order valence-corrected chi connectivity index (χ4v) is 4.09. The molecule has 1 atom stereocenters. The Labute approximate surface area is 196 Å². The number of ether oxygens (including phenoxy) is 1.